The Bertz CT molecular complexity index is 605. The first-order chi connectivity index (χ1) is 9.43. The van der Waals surface area contributed by atoms with Crippen molar-refractivity contribution in [2.75, 3.05) is 18.0 Å². The highest BCUT2D eigenvalue weighted by Gasteiger charge is 2.32. The zero-order valence-electron chi connectivity index (χ0n) is 12.0. The summed E-state index contributed by atoms with van der Waals surface area (Å²) in [6.45, 7) is 7.51. The zero-order chi connectivity index (χ0) is 14.3. The standard InChI is InChI=1S/C15H19N3OS/c1-15(2,3)13(19)16-10-8-18(9-10)14-17-11-6-4-5-7-12(11)20-14/h4-7,10H,8-9H2,1-3H3,(H,16,19). The van der Waals surface area contributed by atoms with Gasteiger partial charge in [-0.05, 0) is 12.1 Å². The van der Waals surface area contributed by atoms with Gasteiger partial charge in [0.05, 0.1) is 16.3 Å². The highest BCUT2D eigenvalue weighted by atomic mass is 32.1. The Labute approximate surface area is 122 Å². The fourth-order valence-electron chi connectivity index (χ4n) is 2.12. The van der Waals surface area contributed by atoms with E-state index >= 15 is 0 Å². The number of carbonyl (C=O) groups is 1. The van der Waals surface area contributed by atoms with Gasteiger partial charge in [-0.15, -0.1) is 0 Å². The number of nitrogens with zero attached hydrogens (tertiary/aromatic N) is 2. The molecule has 4 nitrogen and oxygen atoms in total. The van der Waals surface area contributed by atoms with E-state index in [0.717, 1.165) is 23.7 Å². The number of benzene rings is 1. The minimum atomic E-state index is -0.323. The van der Waals surface area contributed by atoms with Gasteiger partial charge < -0.3 is 10.2 Å². The fourth-order valence-corrected chi connectivity index (χ4v) is 3.11. The van der Waals surface area contributed by atoms with Gasteiger partial charge in [0.25, 0.3) is 0 Å². The van der Waals surface area contributed by atoms with E-state index in [1.54, 1.807) is 11.3 Å². The Hall–Kier alpha value is -1.62. The molecule has 0 spiro atoms. The van der Waals surface area contributed by atoms with Crippen LogP contribution in [0.25, 0.3) is 10.2 Å². The number of nitrogens with one attached hydrogen (secondary N) is 1. The van der Waals surface area contributed by atoms with E-state index in [4.69, 9.17) is 0 Å². The summed E-state index contributed by atoms with van der Waals surface area (Å²) in [5.74, 6) is 0.117. The maximum Gasteiger partial charge on any atom is 0.225 e. The second-order valence-corrected chi connectivity index (χ2v) is 7.30. The maximum absolute atomic E-state index is 11.9. The number of hydrogen-bond donors (Lipinski definition) is 1. The van der Waals surface area contributed by atoms with Crippen molar-refractivity contribution in [2.45, 2.75) is 26.8 Å². The van der Waals surface area contributed by atoms with Crippen molar-refractivity contribution in [3.8, 4) is 0 Å². The van der Waals surface area contributed by atoms with Crippen LogP contribution in [-0.2, 0) is 4.79 Å². The van der Waals surface area contributed by atoms with E-state index in [9.17, 15) is 4.79 Å². The number of fused-ring (bicyclic) bond motifs is 1. The number of rotatable bonds is 2. The van der Waals surface area contributed by atoms with Crippen molar-refractivity contribution in [3.63, 3.8) is 0 Å². The Kier molecular flexibility index (Phi) is 3.17. The van der Waals surface area contributed by atoms with Crippen molar-refractivity contribution < 1.29 is 4.79 Å². The van der Waals surface area contributed by atoms with Crippen LogP contribution in [-0.4, -0.2) is 30.0 Å². The molecule has 20 heavy (non-hydrogen) atoms. The molecule has 0 aliphatic carbocycles. The second-order valence-electron chi connectivity index (χ2n) is 6.29. The predicted molar refractivity (Wildman–Crippen MR) is 83.2 cm³/mol. The predicted octanol–water partition coefficient (Wildman–Crippen LogP) is 2.65. The summed E-state index contributed by atoms with van der Waals surface area (Å²) in [4.78, 5) is 18.8. The van der Waals surface area contributed by atoms with E-state index in [2.05, 4.69) is 21.3 Å². The normalized spacial score (nSPS) is 16.2. The molecule has 1 aliphatic rings. The van der Waals surface area contributed by atoms with E-state index < -0.39 is 0 Å². The molecule has 0 radical (unpaired) electrons. The Morgan fingerprint density at radius 2 is 2.05 bits per heavy atom. The van der Waals surface area contributed by atoms with Gasteiger partial charge >= 0.3 is 0 Å². The van der Waals surface area contributed by atoms with Gasteiger partial charge in [-0.3, -0.25) is 4.79 Å². The van der Waals surface area contributed by atoms with Gasteiger partial charge in [-0.25, -0.2) is 4.98 Å². The van der Waals surface area contributed by atoms with Crippen LogP contribution in [0.3, 0.4) is 0 Å². The first-order valence-electron chi connectivity index (χ1n) is 6.85. The number of hydrogen-bond acceptors (Lipinski definition) is 4. The molecule has 0 bridgehead atoms. The monoisotopic (exact) mass is 289 g/mol. The van der Waals surface area contributed by atoms with Crippen LogP contribution in [0.5, 0.6) is 0 Å². The number of amides is 1. The third kappa shape index (κ3) is 2.50. The molecular formula is C15H19N3OS. The molecule has 3 rings (SSSR count). The Morgan fingerprint density at radius 3 is 2.70 bits per heavy atom. The van der Waals surface area contributed by atoms with Crippen molar-refractivity contribution in [2.24, 2.45) is 5.41 Å². The van der Waals surface area contributed by atoms with Crippen LogP contribution in [0.2, 0.25) is 0 Å². The SMILES string of the molecule is CC(C)(C)C(=O)NC1CN(c2nc3ccccc3s2)C1. The molecule has 2 heterocycles. The lowest BCUT2D eigenvalue weighted by Crippen LogP contribution is -2.60. The molecule has 106 valence electrons. The first kappa shape index (κ1) is 13.4. The van der Waals surface area contributed by atoms with Crippen LogP contribution < -0.4 is 10.2 Å². The quantitative estimate of drug-likeness (QED) is 0.924. The molecule has 0 unspecified atom stereocenters. The number of anilines is 1. The molecule has 1 aromatic heterocycles. The fraction of sp³-hybridized carbons (Fsp3) is 0.467. The first-order valence-corrected chi connectivity index (χ1v) is 7.66. The molecule has 1 fully saturated rings. The molecule has 1 aromatic carbocycles. The molecule has 0 saturated carbocycles. The summed E-state index contributed by atoms with van der Waals surface area (Å²) in [6.07, 6.45) is 0. The molecule has 1 amide bonds. The van der Waals surface area contributed by atoms with Crippen molar-refractivity contribution in [3.05, 3.63) is 24.3 Å². The number of aromatic nitrogens is 1. The molecular weight excluding hydrogens is 270 g/mol. The van der Waals surface area contributed by atoms with Gasteiger partial charge in [0.1, 0.15) is 0 Å². The molecule has 5 heteroatoms. The van der Waals surface area contributed by atoms with Crippen LogP contribution in [0, 0.1) is 5.41 Å². The average molecular weight is 289 g/mol. The van der Waals surface area contributed by atoms with Crippen LogP contribution in [0.15, 0.2) is 24.3 Å². The van der Waals surface area contributed by atoms with Crippen LogP contribution >= 0.6 is 11.3 Å². The summed E-state index contributed by atoms with van der Waals surface area (Å²) in [5.41, 5.74) is 0.727. The van der Waals surface area contributed by atoms with Crippen molar-refractivity contribution in [1.29, 1.82) is 0 Å². The Balaban J connectivity index is 1.61. The summed E-state index contributed by atoms with van der Waals surface area (Å²) >= 11 is 1.71. The molecule has 1 N–H and O–H groups in total. The smallest absolute Gasteiger partial charge is 0.225 e. The van der Waals surface area contributed by atoms with E-state index in [1.165, 1.54) is 4.70 Å². The highest BCUT2D eigenvalue weighted by molar-refractivity contribution is 7.22. The van der Waals surface area contributed by atoms with Gasteiger partial charge in [0, 0.05) is 18.5 Å². The summed E-state index contributed by atoms with van der Waals surface area (Å²) in [6, 6.07) is 8.42. The average Bonchev–Trinajstić information content (AvgIpc) is 2.74. The number of para-hydroxylation sites is 1. The third-order valence-corrected chi connectivity index (χ3v) is 4.55. The van der Waals surface area contributed by atoms with E-state index in [1.807, 2.05) is 39.0 Å². The lowest BCUT2D eigenvalue weighted by atomic mass is 9.94. The minimum absolute atomic E-state index is 0.117. The highest BCUT2D eigenvalue weighted by Crippen LogP contribution is 2.31. The summed E-state index contributed by atoms with van der Waals surface area (Å²) in [5, 5.41) is 4.13. The molecule has 1 aliphatic heterocycles. The van der Waals surface area contributed by atoms with Gasteiger partial charge in [0.2, 0.25) is 5.91 Å². The minimum Gasteiger partial charge on any atom is -0.349 e. The van der Waals surface area contributed by atoms with Crippen molar-refractivity contribution in [1.82, 2.24) is 10.3 Å². The Morgan fingerprint density at radius 1 is 1.35 bits per heavy atom. The summed E-state index contributed by atoms with van der Waals surface area (Å²) in [7, 11) is 0. The third-order valence-electron chi connectivity index (χ3n) is 3.45. The van der Waals surface area contributed by atoms with Gasteiger partial charge in [-0.2, -0.15) is 0 Å². The lowest BCUT2D eigenvalue weighted by Gasteiger charge is -2.40. The van der Waals surface area contributed by atoms with Gasteiger partial charge in [0.15, 0.2) is 5.13 Å². The number of thiazole rings is 1. The molecule has 1 saturated heterocycles. The van der Waals surface area contributed by atoms with E-state index in [-0.39, 0.29) is 17.4 Å². The molecule has 2 aromatic rings. The van der Waals surface area contributed by atoms with Crippen LogP contribution in [0.1, 0.15) is 20.8 Å². The number of carbonyl (C=O) groups excluding carboxylic acids is 1. The topological polar surface area (TPSA) is 45.2 Å². The zero-order valence-corrected chi connectivity index (χ0v) is 12.8. The van der Waals surface area contributed by atoms with Gasteiger partial charge in [-0.1, -0.05) is 44.2 Å². The van der Waals surface area contributed by atoms with E-state index in [0.29, 0.717) is 0 Å². The summed E-state index contributed by atoms with van der Waals surface area (Å²) < 4.78 is 1.21. The van der Waals surface area contributed by atoms with Crippen LogP contribution in [0.4, 0.5) is 5.13 Å². The second kappa shape index (κ2) is 4.74. The lowest BCUT2D eigenvalue weighted by molar-refractivity contribution is -0.129. The molecule has 0 atom stereocenters. The van der Waals surface area contributed by atoms with Crippen molar-refractivity contribution >= 4 is 32.6 Å². The maximum atomic E-state index is 11.9. The largest absolute Gasteiger partial charge is 0.349 e.